The second kappa shape index (κ2) is 10.6. The van der Waals surface area contributed by atoms with E-state index in [0.717, 1.165) is 61.1 Å². The molecule has 0 aliphatic carbocycles. The van der Waals surface area contributed by atoms with Gasteiger partial charge in [-0.2, -0.15) is 0 Å². The summed E-state index contributed by atoms with van der Waals surface area (Å²) in [6.07, 6.45) is 1.19. The van der Waals surface area contributed by atoms with Gasteiger partial charge in [0, 0.05) is 36.8 Å². The summed E-state index contributed by atoms with van der Waals surface area (Å²) >= 11 is 5.95. The normalized spacial score (nSPS) is 14.4. The molecule has 5 heteroatoms. The molecule has 1 aliphatic heterocycles. The third-order valence-electron chi connectivity index (χ3n) is 5.52. The van der Waals surface area contributed by atoms with Gasteiger partial charge >= 0.3 is 0 Å². The Kier molecular flexibility index (Phi) is 7.36. The summed E-state index contributed by atoms with van der Waals surface area (Å²) in [7, 11) is 0. The Bertz CT molecular complexity index is 979. The van der Waals surface area contributed by atoms with Crippen molar-refractivity contribution in [3.05, 3.63) is 88.9 Å². The number of carbonyl (C=O) groups excluding carboxylic acids is 1. The van der Waals surface area contributed by atoms with E-state index in [1.165, 1.54) is 11.1 Å². The van der Waals surface area contributed by atoms with E-state index in [9.17, 15) is 4.79 Å². The molecule has 4 rings (SSSR count). The first kappa shape index (κ1) is 21.6. The SMILES string of the molecule is O=C(CCc1ccc(CN2CCOCC2)cc1)Nc1ccc(-c2ccc(Cl)cc2)cc1. The Labute approximate surface area is 188 Å². The lowest BCUT2D eigenvalue weighted by atomic mass is 10.1. The molecule has 160 valence electrons. The third kappa shape index (κ3) is 6.41. The number of halogens is 1. The van der Waals surface area contributed by atoms with Crippen LogP contribution in [0, 0.1) is 0 Å². The Balaban J connectivity index is 1.24. The number of nitrogens with zero attached hydrogens (tertiary/aromatic N) is 1. The highest BCUT2D eigenvalue weighted by Crippen LogP contribution is 2.23. The summed E-state index contributed by atoms with van der Waals surface area (Å²) in [5, 5.41) is 3.71. The minimum atomic E-state index is 0.0247. The number of anilines is 1. The van der Waals surface area contributed by atoms with Gasteiger partial charge in [-0.25, -0.2) is 0 Å². The topological polar surface area (TPSA) is 41.6 Å². The van der Waals surface area contributed by atoms with Gasteiger partial charge in [0.25, 0.3) is 0 Å². The molecule has 1 amide bonds. The molecule has 1 aliphatic rings. The first-order valence-corrected chi connectivity index (χ1v) is 11.1. The minimum absolute atomic E-state index is 0.0247. The highest BCUT2D eigenvalue weighted by atomic mass is 35.5. The number of aryl methyl sites for hydroxylation is 1. The summed E-state index contributed by atoms with van der Waals surface area (Å²) in [4.78, 5) is 14.8. The first-order valence-electron chi connectivity index (χ1n) is 10.7. The van der Waals surface area contributed by atoms with Gasteiger partial charge in [-0.3, -0.25) is 9.69 Å². The van der Waals surface area contributed by atoms with Crippen LogP contribution in [0.1, 0.15) is 17.5 Å². The second-order valence-corrected chi connectivity index (χ2v) is 8.27. The molecule has 3 aromatic carbocycles. The van der Waals surface area contributed by atoms with E-state index in [0.29, 0.717) is 6.42 Å². The van der Waals surface area contributed by atoms with Crippen molar-refractivity contribution in [1.29, 1.82) is 0 Å². The number of benzene rings is 3. The molecular weight excluding hydrogens is 408 g/mol. The van der Waals surface area contributed by atoms with Crippen LogP contribution in [0.25, 0.3) is 11.1 Å². The summed E-state index contributed by atoms with van der Waals surface area (Å²) in [6, 6.07) is 24.2. The number of amides is 1. The van der Waals surface area contributed by atoms with Gasteiger partial charge in [0.2, 0.25) is 5.91 Å². The molecule has 1 N–H and O–H groups in total. The zero-order valence-corrected chi connectivity index (χ0v) is 18.3. The molecular formula is C26H27ClN2O2. The number of hydrogen-bond donors (Lipinski definition) is 1. The molecule has 31 heavy (non-hydrogen) atoms. The molecule has 1 saturated heterocycles. The lowest BCUT2D eigenvalue weighted by Gasteiger charge is -2.26. The molecule has 4 nitrogen and oxygen atoms in total. The van der Waals surface area contributed by atoms with E-state index >= 15 is 0 Å². The zero-order chi connectivity index (χ0) is 21.5. The van der Waals surface area contributed by atoms with E-state index < -0.39 is 0 Å². The van der Waals surface area contributed by atoms with Crippen LogP contribution >= 0.6 is 11.6 Å². The maximum Gasteiger partial charge on any atom is 0.224 e. The summed E-state index contributed by atoms with van der Waals surface area (Å²) in [5.41, 5.74) is 5.48. The molecule has 0 aromatic heterocycles. The smallest absolute Gasteiger partial charge is 0.224 e. The van der Waals surface area contributed by atoms with Gasteiger partial charge < -0.3 is 10.1 Å². The molecule has 0 spiro atoms. The van der Waals surface area contributed by atoms with Crippen molar-refractivity contribution >= 4 is 23.2 Å². The molecule has 0 atom stereocenters. The largest absolute Gasteiger partial charge is 0.379 e. The van der Waals surface area contributed by atoms with Crippen LogP contribution in [0.5, 0.6) is 0 Å². The van der Waals surface area contributed by atoms with Crippen LogP contribution in [-0.4, -0.2) is 37.1 Å². The molecule has 0 bridgehead atoms. The van der Waals surface area contributed by atoms with Crippen LogP contribution in [0.15, 0.2) is 72.8 Å². The maximum atomic E-state index is 12.4. The van der Waals surface area contributed by atoms with Crippen LogP contribution in [0.3, 0.4) is 0 Å². The third-order valence-corrected chi connectivity index (χ3v) is 5.77. The number of morpholine rings is 1. The van der Waals surface area contributed by atoms with Crippen molar-refractivity contribution in [3.63, 3.8) is 0 Å². The molecule has 0 saturated carbocycles. The van der Waals surface area contributed by atoms with Crippen LogP contribution < -0.4 is 5.32 Å². The van der Waals surface area contributed by atoms with Crippen molar-refractivity contribution in [3.8, 4) is 11.1 Å². The van der Waals surface area contributed by atoms with Crippen molar-refractivity contribution in [1.82, 2.24) is 4.90 Å². The maximum absolute atomic E-state index is 12.4. The number of rotatable bonds is 7. The minimum Gasteiger partial charge on any atom is -0.379 e. The first-order chi connectivity index (χ1) is 15.2. The Morgan fingerprint density at radius 2 is 1.42 bits per heavy atom. The highest BCUT2D eigenvalue weighted by Gasteiger charge is 2.10. The number of ether oxygens (including phenoxy) is 1. The predicted molar refractivity (Wildman–Crippen MR) is 126 cm³/mol. The fourth-order valence-electron chi connectivity index (χ4n) is 3.70. The Morgan fingerprint density at radius 3 is 2.06 bits per heavy atom. The standard InChI is InChI=1S/C26H27ClN2O2/c27-24-10-6-22(7-11-24)23-8-12-25(13-9-23)28-26(30)14-5-20-1-3-21(4-2-20)19-29-15-17-31-18-16-29/h1-4,6-13H,5,14-19H2,(H,28,30). The van der Waals surface area contributed by atoms with Gasteiger partial charge in [-0.05, 0) is 52.9 Å². The van der Waals surface area contributed by atoms with E-state index in [1.54, 1.807) is 0 Å². The fourth-order valence-corrected chi connectivity index (χ4v) is 3.82. The van der Waals surface area contributed by atoms with Gasteiger partial charge in [0.15, 0.2) is 0 Å². The van der Waals surface area contributed by atoms with Crippen molar-refractivity contribution < 1.29 is 9.53 Å². The van der Waals surface area contributed by atoms with Crippen LogP contribution in [0.4, 0.5) is 5.69 Å². The second-order valence-electron chi connectivity index (χ2n) is 7.84. The zero-order valence-electron chi connectivity index (χ0n) is 17.5. The van der Waals surface area contributed by atoms with Gasteiger partial charge in [-0.1, -0.05) is 60.1 Å². The average Bonchev–Trinajstić information content (AvgIpc) is 2.80. The number of carbonyl (C=O) groups is 1. The van der Waals surface area contributed by atoms with E-state index in [4.69, 9.17) is 16.3 Å². The lowest BCUT2D eigenvalue weighted by Crippen LogP contribution is -2.35. The number of nitrogens with one attached hydrogen (secondary N) is 1. The monoisotopic (exact) mass is 434 g/mol. The van der Waals surface area contributed by atoms with E-state index in [-0.39, 0.29) is 5.91 Å². The van der Waals surface area contributed by atoms with Crippen LogP contribution in [0.2, 0.25) is 5.02 Å². The summed E-state index contributed by atoms with van der Waals surface area (Å²) in [6.45, 7) is 4.56. The van der Waals surface area contributed by atoms with E-state index in [1.807, 2.05) is 48.5 Å². The molecule has 1 heterocycles. The van der Waals surface area contributed by atoms with Gasteiger partial charge in [0.1, 0.15) is 0 Å². The fraction of sp³-hybridized carbons (Fsp3) is 0.269. The summed E-state index contributed by atoms with van der Waals surface area (Å²) < 4.78 is 5.40. The quantitative estimate of drug-likeness (QED) is 0.540. The van der Waals surface area contributed by atoms with E-state index in [2.05, 4.69) is 34.5 Å². The van der Waals surface area contributed by atoms with Crippen LogP contribution in [-0.2, 0) is 22.5 Å². The molecule has 0 unspecified atom stereocenters. The van der Waals surface area contributed by atoms with Crippen molar-refractivity contribution in [2.45, 2.75) is 19.4 Å². The summed E-state index contributed by atoms with van der Waals surface area (Å²) in [5.74, 6) is 0.0247. The molecule has 0 radical (unpaired) electrons. The van der Waals surface area contributed by atoms with Crippen molar-refractivity contribution in [2.75, 3.05) is 31.6 Å². The number of hydrogen-bond acceptors (Lipinski definition) is 3. The van der Waals surface area contributed by atoms with Gasteiger partial charge in [-0.15, -0.1) is 0 Å². The van der Waals surface area contributed by atoms with Crippen molar-refractivity contribution in [2.24, 2.45) is 0 Å². The highest BCUT2D eigenvalue weighted by molar-refractivity contribution is 6.30. The Hall–Kier alpha value is -2.66. The Morgan fingerprint density at radius 1 is 0.839 bits per heavy atom. The van der Waals surface area contributed by atoms with Gasteiger partial charge in [0.05, 0.1) is 13.2 Å². The molecule has 3 aromatic rings. The molecule has 1 fully saturated rings. The average molecular weight is 435 g/mol. The lowest BCUT2D eigenvalue weighted by molar-refractivity contribution is -0.116. The predicted octanol–water partition coefficient (Wildman–Crippen LogP) is 5.41.